The number of hydrogen-bond donors (Lipinski definition) is 1. The fourth-order valence-corrected chi connectivity index (χ4v) is 5.04. The average molecular weight is 432 g/mol. The van der Waals surface area contributed by atoms with E-state index in [2.05, 4.69) is 40.5 Å². The number of fused-ring (bicyclic) bond motifs is 1. The Hall–Kier alpha value is -3.19. The van der Waals surface area contributed by atoms with Crippen LogP contribution in [-0.2, 0) is 13.0 Å². The number of piperidine rings is 1. The summed E-state index contributed by atoms with van der Waals surface area (Å²) in [5.41, 5.74) is 4.36. The minimum absolute atomic E-state index is 0.0908. The van der Waals surface area contributed by atoms with Crippen LogP contribution in [0.4, 0.5) is 11.5 Å². The van der Waals surface area contributed by atoms with Crippen LogP contribution < -0.4 is 5.32 Å². The van der Waals surface area contributed by atoms with Crippen molar-refractivity contribution in [3.8, 4) is 5.69 Å². The Morgan fingerprint density at radius 3 is 2.56 bits per heavy atom. The summed E-state index contributed by atoms with van der Waals surface area (Å²) in [5, 5.41) is 20.2. The van der Waals surface area contributed by atoms with Crippen LogP contribution in [0.1, 0.15) is 48.4 Å². The number of nitrogens with one attached hydrogen (secondary N) is 1. The maximum absolute atomic E-state index is 11.7. The van der Waals surface area contributed by atoms with Gasteiger partial charge in [0.1, 0.15) is 11.5 Å². The molecule has 1 saturated heterocycles. The summed E-state index contributed by atoms with van der Waals surface area (Å²) in [7, 11) is 0. The van der Waals surface area contributed by atoms with Crippen molar-refractivity contribution in [3.05, 3.63) is 81.5 Å². The van der Waals surface area contributed by atoms with Crippen molar-refractivity contribution in [3.63, 3.8) is 0 Å². The van der Waals surface area contributed by atoms with E-state index in [9.17, 15) is 10.1 Å². The maximum atomic E-state index is 11.7. The Labute approximate surface area is 188 Å². The van der Waals surface area contributed by atoms with Crippen molar-refractivity contribution in [2.45, 2.75) is 44.6 Å². The van der Waals surface area contributed by atoms with E-state index in [1.807, 2.05) is 6.07 Å². The minimum atomic E-state index is -0.318. The number of nitro groups is 1. The topological polar surface area (TPSA) is 76.2 Å². The molecule has 0 saturated carbocycles. The fraction of sp³-hybridized carbons (Fsp3) is 0.400. The third kappa shape index (κ3) is 4.12. The molecule has 3 aromatic rings. The molecule has 7 nitrogen and oxygen atoms in total. The summed E-state index contributed by atoms with van der Waals surface area (Å²) in [6.07, 6.45) is 5.31. The van der Waals surface area contributed by atoms with Crippen molar-refractivity contribution < 1.29 is 4.92 Å². The molecule has 7 heteroatoms. The van der Waals surface area contributed by atoms with Gasteiger partial charge in [0, 0.05) is 30.6 Å². The highest BCUT2D eigenvalue weighted by Crippen LogP contribution is 2.38. The molecule has 5 rings (SSSR count). The quantitative estimate of drug-likeness (QED) is 0.459. The van der Waals surface area contributed by atoms with Crippen LogP contribution in [0.5, 0.6) is 0 Å². The zero-order valence-electron chi connectivity index (χ0n) is 18.2. The molecular weight excluding hydrogens is 402 g/mol. The number of rotatable bonds is 5. The highest BCUT2D eigenvalue weighted by Gasteiger charge is 2.30. The summed E-state index contributed by atoms with van der Waals surface area (Å²) in [6, 6.07) is 17.5. The number of nitro benzene ring substituents is 1. The number of anilines is 1. The molecule has 2 aromatic carbocycles. The molecule has 1 fully saturated rings. The zero-order chi connectivity index (χ0) is 21.9. The normalized spacial score (nSPS) is 17.4. The number of aromatic nitrogens is 2. The lowest BCUT2D eigenvalue weighted by Crippen LogP contribution is -2.32. The van der Waals surface area contributed by atoms with Gasteiger partial charge in [0.25, 0.3) is 5.69 Å². The first-order valence-corrected chi connectivity index (χ1v) is 11.6. The molecule has 0 unspecified atom stereocenters. The van der Waals surface area contributed by atoms with Gasteiger partial charge in [0.15, 0.2) is 0 Å². The SMILES string of the molecule is O=[N+]([O-])c1ccccc1-n1nc(C2CCN(Cc3ccccc3)CC2)c2c1NCCCC2. The van der Waals surface area contributed by atoms with Crippen molar-refractivity contribution in [1.29, 1.82) is 0 Å². The van der Waals surface area contributed by atoms with Gasteiger partial charge in [-0.2, -0.15) is 5.10 Å². The van der Waals surface area contributed by atoms with E-state index < -0.39 is 0 Å². The lowest BCUT2D eigenvalue weighted by Gasteiger charge is -2.31. The molecule has 3 heterocycles. The van der Waals surface area contributed by atoms with E-state index in [0.717, 1.165) is 69.8 Å². The van der Waals surface area contributed by atoms with Crippen LogP contribution in [0.3, 0.4) is 0 Å². The molecule has 32 heavy (non-hydrogen) atoms. The fourth-order valence-electron chi connectivity index (χ4n) is 5.04. The third-order valence-corrected chi connectivity index (χ3v) is 6.69. The van der Waals surface area contributed by atoms with Crippen molar-refractivity contribution in [1.82, 2.24) is 14.7 Å². The van der Waals surface area contributed by atoms with Crippen LogP contribution in [0.25, 0.3) is 5.69 Å². The minimum Gasteiger partial charge on any atom is -0.370 e. The van der Waals surface area contributed by atoms with E-state index in [1.165, 1.54) is 11.1 Å². The molecule has 2 aliphatic rings. The second kappa shape index (κ2) is 9.12. The lowest BCUT2D eigenvalue weighted by molar-refractivity contribution is -0.384. The van der Waals surface area contributed by atoms with Crippen LogP contribution >= 0.6 is 0 Å². The smallest absolute Gasteiger partial charge is 0.294 e. The predicted octanol–water partition coefficient (Wildman–Crippen LogP) is 4.91. The molecule has 2 aliphatic heterocycles. The second-order valence-electron chi connectivity index (χ2n) is 8.79. The van der Waals surface area contributed by atoms with Crippen LogP contribution in [-0.4, -0.2) is 39.2 Å². The average Bonchev–Trinajstić information content (AvgIpc) is 3.00. The largest absolute Gasteiger partial charge is 0.370 e. The van der Waals surface area contributed by atoms with Gasteiger partial charge in [-0.3, -0.25) is 15.0 Å². The van der Waals surface area contributed by atoms with Gasteiger partial charge in [-0.25, -0.2) is 4.68 Å². The first kappa shape index (κ1) is 20.7. The molecular formula is C25H29N5O2. The van der Waals surface area contributed by atoms with Crippen LogP contribution in [0, 0.1) is 10.1 Å². The van der Waals surface area contributed by atoms with E-state index >= 15 is 0 Å². The van der Waals surface area contributed by atoms with Gasteiger partial charge >= 0.3 is 0 Å². The highest BCUT2D eigenvalue weighted by molar-refractivity contribution is 5.60. The monoisotopic (exact) mass is 431 g/mol. The molecule has 1 N–H and O–H groups in total. The summed E-state index contributed by atoms with van der Waals surface area (Å²) in [5.74, 6) is 1.33. The van der Waals surface area contributed by atoms with Crippen molar-refractivity contribution >= 4 is 11.5 Å². The van der Waals surface area contributed by atoms with Gasteiger partial charge in [0.05, 0.1) is 10.6 Å². The lowest BCUT2D eigenvalue weighted by atomic mass is 9.90. The maximum Gasteiger partial charge on any atom is 0.294 e. The summed E-state index contributed by atoms with van der Waals surface area (Å²) in [6.45, 7) is 3.94. The number of likely N-dealkylation sites (tertiary alicyclic amines) is 1. The van der Waals surface area contributed by atoms with Crippen molar-refractivity contribution in [2.24, 2.45) is 0 Å². The Morgan fingerprint density at radius 1 is 1.03 bits per heavy atom. The molecule has 166 valence electrons. The first-order chi connectivity index (χ1) is 15.7. The van der Waals surface area contributed by atoms with Gasteiger partial charge in [-0.15, -0.1) is 0 Å². The molecule has 0 radical (unpaired) electrons. The zero-order valence-corrected chi connectivity index (χ0v) is 18.2. The van der Waals surface area contributed by atoms with E-state index in [-0.39, 0.29) is 10.6 Å². The number of para-hydroxylation sites is 2. The highest BCUT2D eigenvalue weighted by atomic mass is 16.6. The molecule has 0 aliphatic carbocycles. The van der Waals surface area contributed by atoms with E-state index in [1.54, 1.807) is 22.9 Å². The summed E-state index contributed by atoms with van der Waals surface area (Å²) in [4.78, 5) is 13.9. The molecule has 0 atom stereocenters. The predicted molar refractivity (Wildman–Crippen MR) is 125 cm³/mol. The second-order valence-corrected chi connectivity index (χ2v) is 8.79. The Morgan fingerprint density at radius 2 is 1.78 bits per heavy atom. The standard InChI is InChI=1S/C25H29N5O2/c31-30(32)23-12-5-4-11-22(23)29-25-21(10-6-7-15-26-25)24(27-29)20-13-16-28(17-14-20)18-19-8-2-1-3-9-19/h1-5,8-9,11-12,20,26H,6-7,10,13-18H2. The first-order valence-electron chi connectivity index (χ1n) is 11.6. The molecule has 0 amide bonds. The summed E-state index contributed by atoms with van der Waals surface area (Å²) < 4.78 is 1.80. The molecule has 0 spiro atoms. The van der Waals surface area contributed by atoms with Gasteiger partial charge < -0.3 is 5.32 Å². The number of benzene rings is 2. The van der Waals surface area contributed by atoms with E-state index in [0.29, 0.717) is 11.6 Å². The third-order valence-electron chi connectivity index (χ3n) is 6.69. The number of nitrogens with zero attached hydrogens (tertiary/aromatic N) is 4. The van der Waals surface area contributed by atoms with Crippen molar-refractivity contribution in [2.75, 3.05) is 25.0 Å². The van der Waals surface area contributed by atoms with Crippen LogP contribution in [0.15, 0.2) is 54.6 Å². The molecule has 1 aromatic heterocycles. The van der Waals surface area contributed by atoms with Gasteiger partial charge in [-0.05, 0) is 56.8 Å². The number of hydrogen-bond acceptors (Lipinski definition) is 5. The Balaban J connectivity index is 1.42. The molecule has 0 bridgehead atoms. The van der Waals surface area contributed by atoms with Crippen LogP contribution in [0.2, 0.25) is 0 Å². The van der Waals surface area contributed by atoms with E-state index in [4.69, 9.17) is 5.10 Å². The Kier molecular flexibility index (Phi) is 5.90. The van der Waals surface area contributed by atoms with Gasteiger partial charge in [-0.1, -0.05) is 42.5 Å². The summed E-state index contributed by atoms with van der Waals surface area (Å²) >= 11 is 0. The van der Waals surface area contributed by atoms with Gasteiger partial charge in [0.2, 0.25) is 0 Å². The Bertz CT molecular complexity index is 1090.